The number of imidazole rings is 1. The SMILES string of the molecule is CCN(CC(F)(F)F)c1nc(N)cn2ccnc12. The minimum Gasteiger partial charge on any atom is -0.382 e. The van der Waals surface area contributed by atoms with E-state index < -0.39 is 12.7 Å². The van der Waals surface area contributed by atoms with Crippen molar-refractivity contribution in [3.63, 3.8) is 0 Å². The van der Waals surface area contributed by atoms with E-state index in [0.717, 1.165) is 4.90 Å². The van der Waals surface area contributed by atoms with E-state index in [1.807, 2.05) is 0 Å². The lowest BCUT2D eigenvalue weighted by molar-refractivity contribution is -0.119. The van der Waals surface area contributed by atoms with Gasteiger partial charge in [-0.3, -0.25) is 0 Å². The van der Waals surface area contributed by atoms with Gasteiger partial charge in [0.25, 0.3) is 0 Å². The molecule has 0 aliphatic rings. The van der Waals surface area contributed by atoms with Gasteiger partial charge in [0, 0.05) is 18.9 Å². The van der Waals surface area contributed by atoms with Gasteiger partial charge in [-0.05, 0) is 6.92 Å². The molecule has 0 amide bonds. The molecule has 18 heavy (non-hydrogen) atoms. The third kappa shape index (κ3) is 2.47. The molecule has 2 aromatic heterocycles. The zero-order valence-corrected chi connectivity index (χ0v) is 9.65. The van der Waals surface area contributed by atoms with Crippen LogP contribution in [0.4, 0.5) is 24.8 Å². The molecule has 0 saturated heterocycles. The summed E-state index contributed by atoms with van der Waals surface area (Å²) < 4.78 is 39.0. The Hall–Kier alpha value is -1.99. The van der Waals surface area contributed by atoms with E-state index in [1.165, 1.54) is 12.4 Å². The topological polar surface area (TPSA) is 59.5 Å². The van der Waals surface area contributed by atoms with E-state index in [0.29, 0.717) is 5.65 Å². The monoisotopic (exact) mass is 259 g/mol. The van der Waals surface area contributed by atoms with E-state index in [9.17, 15) is 13.2 Å². The van der Waals surface area contributed by atoms with Crippen molar-refractivity contribution in [3.8, 4) is 0 Å². The Morgan fingerprint density at radius 2 is 2.17 bits per heavy atom. The second-order valence-electron chi connectivity index (χ2n) is 3.78. The number of anilines is 2. The zero-order chi connectivity index (χ0) is 13.3. The van der Waals surface area contributed by atoms with Crippen LogP contribution >= 0.6 is 0 Å². The number of nitrogen functional groups attached to an aromatic ring is 1. The fraction of sp³-hybridized carbons (Fsp3) is 0.400. The van der Waals surface area contributed by atoms with Crippen molar-refractivity contribution in [3.05, 3.63) is 18.6 Å². The molecule has 0 aliphatic heterocycles. The molecule has 98 valence electrons. The van der Waals surface area contributed by atoms with Crippen molar-refractivity contribution in [1.82, 2.24) is 14.4 Å². The molecule has 2 aromatic rings. The van der Waals surface area contributed by atoms with E-state index >= 15 is 0 Å². The summed E-state index contributed by atoms with van der Waals surface area (Å²) in [6.45, 7) is 0.705. The van der Waals surface area contributed by atoms with E-state index in [1.54, 1.807) is 17.5 Å². The molecule has 0 saturated carbocycles. The predicted octanol–water partition coefficient (Wildman–Crippen LogP) is 1.70. The molecule has 0 unspecified atom stereocenters. The maximum absolute atomic E-state index is 12.5. The van der Waals surface area contributed by atoms with Gasteiger partial charge >= 0.3 is 6.18 Å². The molecule has 0 fully saturated rings. The van der Waals surface area contributed by atoms with Crippen LogP contribution in [0, 0.1) is 0 Å². The molecule has 0 radical (unpaired) electrons. The van der Waals surface area contributed by atoms with Gasteiger partial charge in [0.2, 0.25) is 0 Å². The highest BCUT2D eigenvalue weighted by Crippen LogP contribution is 2.24. The highest BCUT2D eigenvalue weighted by atomic mass is 19.4. The third-order valence-electron chi connectivity index (χ3n) is 2.43. The largest absolute Gasteiger partial charge is 0.405 e. The Bertz CT molecular complexity index is 548. The van der Waals surface area contributed by atoms with Crippen LogP contribution in [0.25, 0.3) is 5.65 Å². The second-order valence-corrected chi connectivity index (χ2v) is 3.78. The van der Waals surface area contributed by atoms with Gasteiger partial charge in [-0.25, -0.2) is 9.97 Å². The van der Waals surface area contributed by atoms with Crippen LogP contribution < -0.4 is 10.6 Å². The summed E-state index contributed by atoms with van der Waals surface area (Å²) >= 11 is 0. The first kappa shape index (κ1) is 12.5. The molecule has 0 spiro atoms. The van der Waals surface area contributed by atoms with Crippen molar-refractivity contribution < 1.29 is 13.2 Å². The maximum atomic E-state index is 12.5. The zero-order valence-electron chi connectivity index (χ0n) is 9.65. The molecule has 2 heterocycles. The number of nitrogens with two attached hydrogens (primary N) is 1. The number of alkyl halides is 3. The highest BCUT2D eigenvalue weighted by molar-refractivity contribution is 5.66. The molecular formula is C10H12F3N5. The van der Waals surface area contributed by atoms with Crippen LogP contribution in [0.1, 0.15) is 6.92 Å². The molecular weight excluding hydrogens is 247 g/mol. The third-order valence-corrected chi connectivity index (χ3v) is 2.43. The molecule has 0 atom stereocenters. The fourth-order valence-electron chi connectivity index (χ4n) is 1.70. The highest BCUT2D eigenvalue weighted by Gasteiger charge is 2.31. The summed E-state index contributed by atoms with van der Waals surface area (Å²) in [5.41, 5.74) is 5.93. The van der Waals surface area contributed by atoms with Gasteiger partial charge in [0.05, 0.1) is 6.20 Å². The molecule has 0 aliphatic carbocycles. The van der Waals surface area contributed by atoms with Crippen LogP contribution in [0.15, 0.2) is 18.6 Å². The summed E-state index contributed by atoms with van der Waals surface area (Å²) in [6, 6.07) is 0. The van der Waals surface area contributed by atoms with E-state index in [2.05, 4.69) is 9.97 Å². The lowest BCUT2D eigenvalue weighted by Gasteiger charge is -2.23. The van der Waals surface area contributed by atoms with Crippen molar-refractivity contribution >= 4 is 17.3 Å². The van der Waals surface area contributed by atoms with Crippen molar-refractivity contribution in [1.29, 1.82) is 0 Å². The van der Waals surface area contributed by atoms with Gasteiger partial charge in [-0.1, -0.05) is 0 Å². The molecule has 8 heteroatoms. The van der Waals surface area contributed by atoms with Crippen molar-refractivity contribution in [2.45, 2.75) is 13.1 Å². The first-order valence-corrected chi connectivity index (χ1v) is 5.31. The lowest BCUT2D eigenvalue weighted by atomic mass is 10.4. The lowest BCUT2D eigenvalue weighted by Crippen LogP contribution is -2.35. The van der Waals surface area contributed by atoms with Crippen LogP contribution in [-0.2, 0) is 0 Å². The first-order valence-electron chi connectivity index (χ1n) is 5.31. The normalized spacial score (nSPS) is 12.0. The number of hydrogen-bond donors (Lipinski definition) is 1. The number of rotatable bonds is 3. The second kappa shape index (κ2) is 4.35. The van der Waals surface area contributed by atoms with Crippen LogP contribution in [-0.4, -0.2) is 33.6 Å². The molecule has 0 aromatic carbocycles. The molecule has 5 nitrogen and oxygen atoms in total. The Balaban J connectivity index is 2.47. The number of fused-ring (bicyclic) bond motifs is 1. The first-order chi connectivity index (χ1) is 8.40. The molecule has 2 rings (SSSR count). The number of halogens is 3. The average molecular weight is 259 g/mol. The van der Waals surface area contributed by atoms with Gasteiger partial charge in [-0.2, -0.15) is 13.2 Å². The fourth-order valence-corrected chi connectivity index (χ4v) is 1.70. The van der Waals surface area contributed by atoms with Gasteiger partial charge in [0.1, 0.15) is 12.4 Å². The molecule has 2 N–H and O–H groups in total. The van der Waals surface area contributed by atoms with Crippen LogP contribution in [0.2, 0.25) is 0 Å². The van der Waals surface area contributed by atoms with Gasteiger partial charge in [0.15, 0.2) is 11.5 Å². The summed E-state index contributed by atoms with van der Waals surface area (Å²) in [6.07, 6.45) is 0.304. The van der Waals surface area contributed by atoms with Crippen LogP contribution in [0.3, 0.4) is 0 Å². The summed E-state index contributed by atoms with van der Waals surface area (Å²) in [4.78, 5) is 9.04. The summed E-state index contributed by atoms with van der Waals surface area (Å²) in [7, 11) is 0. The summed E-state index contributed by atoms with van der Waals surface area (Å²) in [5, 5.41) is 0. The summed E-state index contributed by atoms with van der Waals surface area (Å²) in [5.74, 6) is 0.288. The number of nitrogens with zero attached hydrogens (tertiary/aromatic N) is 4. The van der Waals surface area contributed by atoms with Crippen molar-refractivity contribution in [2.24, 2.45) is 0 Å². The standard InChI is InChI=1S/C10H12F3N5/c1-2-17(6-10(11,12)13)9-8-15-3-4-18(8)5-7(14)16-9/h3-5H,2,6,14H2,1H3. The Kier molecular flexibility index (Phi) is 3.02. The van der Waals surface area contributed by atoms with Gasteiger partial charge < -0.3 is 15.0 Å². The minimum absolute atomic E-state index is 0.139. The Morgan fingerprint density at radius 1 is 1.44 bits per heavy atom. The van der Waals surface area contributed by atoms with Crippen molar-refractivity contribution in [2.75, 3.05) is 23.7 Å². The van der Waals surface area contributed by atoms with Gasteiger partial charge in [-0.15, -0.1) is 0 Å². The molecule has 0 bridgehead atoms. The number of hydrogen-bond acceptors (Lipinski definition) is 4. The minimum atomic E-state index is -4.30. The van der Waals surface area contributed by atoms with E-state index in [-0.39, 0.29) is 18.2 Å². The smallest absolute Gasteiger partial charge is 0.382 e. The predicted molar refractivity (Wildman–Crippen MR) is 61.3 cm³/mol. The number of aromatic nitrogens is 3. The quantitative estimate of drug-likeness (QED) is 0.911. The van der Waals surface area contributed by atoms with E-state index in [4.69, 9.17) is 5.73 Å². The average Bonchev–Trinajstić information content (AvgIpc) is 2.71. The van der Waals surface area contributed by atoms with Crippen LogP contribution in [0.5, 0.6) is 0 Å². The maximum Gasteiger partial charge on any atom is 0.405 e. The Labute approximate surface area is 101 Å². The Morgan fingerprint density at radius 3 is 2.78 bits per heavy atom.